The van der Waals surface area contributed by atoms with Gasteiger partial charge in [0, 0.05) is 40.2 Å². The summed E-state index contributed by atoms with van der Waals surface area (Å²) in [5, 5.41) is 14.4. The number of nitrogens with zero attached hydrogens (tertiary/aromatic N) is 2. The zero-order valence-electron chi connectivity index (χ0n) is 22.6. The van der Waals surface area contributed by atoms with Crippen molar-refractivity contribution in [2.75, 3.05) is 10.2 Å². The summed E-state index contributed by atoms with van der Waals surface area (Å²) >= 11 is 0. The van der Waals surface area contributed by atoms with Crippen molar-refractivity contribution in [1.82, 2.24) is 0 Å². The summed E-state index contributed by atoms with van der Waals surface area (Å²) in [4.78, 5) is 56.5. The summed E-state index contributed by atoms with van der Waals surface area (Å²) in [5.74, 6) is -2.15. The molecule has 4 atom stereocenters. The molecule has 7 rings (SSSR count). The molecule has 4 aromatic carbocycles. The van der Waals surface area contributed by atoms with Gasteiger partial charge in [0.25, 0.3) is 5.69 Å². The van der Waals surface area contributed by atoms with Crippen molar-refractivity contribution >= 4 is 40.1 Å². The predicted molar refractivity (Wildman–Crippen MR) is 159 cm³/mol. The highest BCUT2D eigenvalue weighted by Gasteiger charge is 2.70. The van der Waals surface area contributed by atoms with Gasteiger partial charge in [-0.3, -0.25) is 24.5 Å². The Morgan fingerprint density at radius 2 is 1.48 bits per heavy atom. The van der Waals surface area contributed by atoms with E-state index in [4.69, 9.17) is 0 Å². The second-order valence-electron chi connectivity index (χ2n) is 10.9. The van der Waals surface area contributed by atoms with E-state index in [0.717, 1.165) is 16.8 Å². The molecule has 8 nitrogen and oxygen atoms in total. The van der Waals surface area contributed by atoms with E-state index in [1.165, 1.54) is 24.3 Å². The third-order valence-electron chi connectivity index (χ3n) is 8.86. The number of nitrogens with one attached hydrogen (secondary N) is 1. The van der Waals surface area contributed by atoms with Crippen molar-refractivity contribution in [3.63, 3.8) is 0 Å². The SMILES string of the molecule is CC1=CC2N(c3ccccc31)C(C(=O)c1ccc([N+](=O)[O-])cc1)C(C(=O)c1ccccc1)C21C(=O)Nc2ccccc21. The molecule has 4 aromatic rings. The number of Topliss-reactive ketones (excluding diaryl/α,β-unsaturated/α-hetero) is 2. The number of amides is 1. The van der Waals surface area contributed by atoms with Crippen molar-refractivity contribution in [3.05, 3.63) is 142 Å². The average Bonchev–Trinajstić information content (AvgIpc) is 3.49. The number of hydrogen-bond donors (Lipinski definition) is 1. The van der Waals surface area contributed by atoms with Gasteiger partial charge in [0.15, 0.2) is 11.6 Å². The Hall–Kier alpha value is -5.37. The highest BCUT2D eigenvalue weighted by atomic mass is 16.6. The molecular weight excluding hydrogens is 530 g/mol. The molecule has 0 saturated carbocycles. The van der Waals surface area contributed by atoms with Crippen LogP contribution < -0.4 is 10.2 Å². The van der Waals surface area contributed by atoms with Crippen LogP contribution in [0.5, 0.6) is 0 Å². The molecule has 1 amide bonds. The van der Waals surface area contributed by atoms with Crippen LogP contribution >= 0.6 is 0 Å². The minimum atomic E-state index is -1.42. The lowest BCUT2D eigenvalue weighted by atomic mass is 9.64. The van der Waals surface area contributed by atoms with Gasteiger partial charge < -0.3 is 10.2 Å². The van der Waals surface area contributed by atoms with Crippen molar-refractivity contribution in [2.24, 2.45) is 5.92 Å². The number of allylic oxidation sites excluding steroid dienone is 1. The van der Waals surface area contributed by atoms with Gasteiger partial charge in [-0.1, -0.05) is 72.8 Å². The van der Waals surface area contributed by atoms with Gasteiger partial charge >= 0.3 is 0 Å². The molecule has 1 N–H and O–H groups in total. The number of non-ortho nitro benzene ring substituents is 1. The Labute approximate surface area is 241 Å². The summed E-state index contributed by atoms with van der Waals surface area (Å²) in [6.07, 6.45) is 2.00. The standard InChI is InChI=1S/C34H25N3O5/c1-20-19-28-34(25-12-6-7-13-26(25)35-33(34)40)29(31(38)21-9-3-2-4-10-21)30(36(28)27-14-8-5-11-24(20)27)32(39)22-15-17-23(18-16-22)37(41)42/h2-19,28-30H,1H3,(H,35,40). The molecule has 1 saturated heterocycles. The zero-order valence-corrected chi connectivity index (χ0v) is 22.6. The van der Waals surface area contributed by atoms with Crippen LogP contribution in [-0.2, 0) is 10.2 Å². The van der Waals surface area contributed by atoms with Crippen LogP contribution in [0.4, 0.5) is 17.1 Å². The van der Waals surface area contributed by atoms with Crippen molar-refractivity contribution < 1.29 is 19.3 Å². The van der Waals surface area contributed by atoms with E-state index in [1.54, 1.807) is 24.3 Å². The first-order valence-corrected chi connectivity index (χ1v) is 13.7. The molecule has 1 spiro atoms. The lowest BCUT2D eigenvalue weighted by Crippen LogP contribution is -2.51. The van der Waals surface area contributed by atoms with Gasteiger partial charge in [0.2, 0.25) is 5.91 Å². The van der Waals surface area contributed by atoms with E-state index in [0.29, 0.717) is 16.8 Å². The van der Waals surface area contributed by atoms with Gasteiger partial charge in [-0.05, 0) is 42.3 Å². The molecule has 0 aromatic heterocycles. The van der Waals surface area contributed by atoms with E-state index in [-0.39, 0.29) is 28.7 Å². The maximum Gasteiger partial charge on any atom is 0.269 e. The van der Waals surface area contributed by atoms with Crippen molar-refractivity contribution in [3.8, 4) is 0 Å². The summed E-state index contributed by atoms with van der Waals surface area (Å²) in [6, 6.07) is 27.4. The summed E-state index contributed by atoms with van der Waals surface area (Å²) in [6.45, 7) is 1.97. The number of fused-ring (bicyclic) bond motifs is 6. The molecule has 3 aliphatic heterocycles. The van der Waals surface area contributed by atoms with E-state index in [9.17, 15) is 24.5 Å². The average molecular weight is 556 g/mol. The number of hydrogen-bond acceptors (Lipinski definition) is 6. The first-order valence-electron chi connectivity index (χ1n) is 13.7. The van der Waals surface area contributed by atoms with E-state index in [1.807, 2.05) is 72.5 Å². The minimum absolute atomic E-state index is 0.143. The maximum atomic E-state index is 14.7. The van der Waals surface area contributed by atoms with Crippen LogP contribution in [0.3, 0.4) is 0 Å². The Morgan fingerprint density at radius 3 is 2.21 bits per heavy atom. The lowest BCUT2D eigenvalue weighted by Gasteiger charge is -2.39. The maximum absolute atomic E-state index is 14.7. The number of benzene rings is 4. The number of carbonyl (C=O) groups is 3. The van der Waals surface area contributed by atoms with Crippen molar-refractivity contribution in [1.29, 1.82) is 0 Å². The Morgan fingerprint density at radius 1 is 0.833 bits per heavy atom. The third-order valence-corrected chi connectivity index (χ3v) is 8.86. The van der Waals surface area contributed by atoms with Gasteiger partial charge in [0.1, 0.15) is 11.5 Å². The molecule has 4 unspecified atom stereocenters. The van der Waals surface area contributed by atoms with Gasteiger partial charge in [-0.15, -0.1) is 0 Å². The van der Waals surface area contributed by atoms with Crippen LogP contribution in [0.15, 0.2) is 109 Å². The van der Waals surface area contributed by atoms with Crippen LogP contribution in [0.2, 0.25) is 0 Å². The fourth-order valence-electron chi connectivity index (χ4n) is 7.09. The summed E-state index contributed by atoms with van der Waals surface area (Å²) < 4.78 is 0. The Bertz CT molecular complexity index is 1830. The molecular formula is C34H25N3O5. The fourth-order valence-corrected chi connectivity index (χ4v) is 7.09. The van der Waals surface area contributed by atoms with Crippen LogP contribution in [0.25, 0.3) is 5.57 Å². The van der Waals surface area contributed by atoms with Gasteiger partial charge in [-0.25, -0.2) is 0 Å². The Kier molecular flexibility index (Phi) is 5.69. The van der Waals surface area contributed by atoms with Gasteiger partial charge in [0.05, 0.1) is 16.9 Å². The van der Waals surface area contributed by atoms with E-state index in [2.05, 4.69) is 5.32 Å². The number of rotatable bonds is 5. The largest absolute Gasteiger partial charge is 0.352 e. The molecule has 0 aliphatic carbocycles. The van der Waals surface area contributed by atoms with E-state index >= 15 is 0 Å². The van der Waals surface area contributed by atoms with Crippen LogP contribution in [-0.4, -0.2) is 34.5 Å². The monoisotopic (exact) mass is 555 g/mol. The first kappa shape index (κ1) is 25.6. The fraction of sp³-hybridized carbons (Fsp3) is 0.147. The second-order valence-corrected chi connectivity index (χ2v) is 10.9. The summed E-state index contributed by atoms with van der Waals surface area (Å²) in [7, 11) is 0. The smallest absolute Gasteiger partial charge is 0.269 e. The minimum Gasteiger partial charge on any atom is -0.352 e. The highest BCUT2D eigenvalue weighted by Crippen LogP contribution is 2.58. The number of anilines is 2. The second kappa shape index (κ2) is 9.34. The molecule has 0 radical (unpaired) electrons. The lowest BCUT2D eigenvalue weighted by molar-refractivity contribution is -0.384. The molecule has 1 fully saturated rings. The summed E-state index contributed by atoms with van der Waals surface area (Å²) in [5.41, 5.74) is 2.94. The molecule has 206 valence electrons. The number of ketones is 2. The topological polar surface area (TPSA) is 110 Å². The highest BCUT2D eigenvalue weighted by molar-refractivity contribution is 6.18. The quantitative estimate of drug-likeness (QED) is 0.188. The van der Waals surface area contributed by atoms with Gasteiger partial charge in [-0.2, -0.15) is 0 Å². The third kappa shape index (κ3) is 3.44. The molecule has 8 heteroatoms. The molecule has 0 bridgehead atoms. The molecule has 42 heavy (non-hydrogen) atoms. The normalized spacial score (nSPS) is 23.5. The van der Waals surface area contributed by atoms with Crippen LogP contribution in [0, 0.1) is 16.0 Å². The van der Waals surface area contributed by atoms with E-state index < -0.39 is 28.3 Å². The molecule has 3 aliphatic rings. The number of nitro benzene ring substituents is 1. The Balaban J connectivity index is 1.53. The number of para-hydroxylation sites is 2. The predicted octanol–water partition coefficient (Wildman–Crippen LogP) is 5.84. The number of carbonyl (C=O) groups excluding carboxylic acids is 3. The van der Waals surface area contributed by atoms with Crippen LogP contribution in [0.1, 0.15) is 38.8 Å². The first-order chi connectivity index (χ1) is 20.3. The zero-order chi connectivity index (χ0) is 29.2. The van der Waals surface area contributed by atoms with Crippen molar-refractivity contribution in [2.45, 2.75) is 24.4 Å². The number of nitro groups is 1. The molecule has 3 heterocycles.